The normalized spacial score (nSPS) is 12.8. The summed E-state index contributed by atoms with van der Waals surface area (Å²) in [6, 6.07) is 6.76. The largest absolute Gasteiger partial charge is 0.370 e. The third kappa shape index (κ3) is 4.39. The van der Waals surface area contributed by atoms with Crippen molar-refractivity contribution in [3.05, 3.63) is 28.8 Å². The van der Waals surface area contributed by atoms with Crippen LogP contribution in [-0.4, -0.2) is 20.1 Å². The average Bonchev–Trinajstić information content (AvgIpc) is 2.48. The molecule has 0 aliphatic rings. The lowest BCUT2D eigenvalue weighted by atomic mass is 10.0. The van der Waals surface area contributed by atoms with Gasteiger partial charge in [-0.15, -0.1) is 0 Å². The van der Waals surface area contributed by atoms with Crippen LogP contribution in [0.2, 0.25) is 5.02 Å². The van der Waals surface area contributed by atoms with Crippen molar-refractivity contribution in [2.75, 3.05) is 25.0 Å². The average molecular weight is 297 g/mol. The van der Waals surface area contributed by atoms with E-state index in [2.05, 4.69) is 56.1 Å². The van der Waals surface area contributed by atoms with Crippen LogP contribution in [0, 0.1) is 5.92 Å². The Kier molecular flexibility index (Phi) is 7.39. The molecule has 0 aliphatic carbocycles. The smallest absolute Gasteiger partial charge is 0.0642 e. The van der Waals surface area contributed by atoms with Crippen LogP contribution >= 0.6 is 11.6 Å². The van der Waals surface area contributed by atoms with Crippen molar-refractivity contribution < 1.29 is 0 Å². The number of benzene rings is 1. The molecule has 0 aromatic heterocycles. The Morgan fingerprint density at radius 3 is 2.30 bits per heavy atom. The Hall–Kier alpha value is -0.730. The molecule has 0 fully saturated rings. The second kappa shape index (κ2) is 8.53. The molecule has 114 valence electrons. The van der Waals surface area contributed by atoms with Gasteiger partial charge in [-0.1, -0.05) is 44.4 Å². The SMILES string of the molecule is CCC(CC)CN(CC)c1ccc(C(C)NC)cc1Cl. The first kappa shape index (κ1) is 17.3. The number of hydrogen-bond donors (Lipinski definition) is 1. The maximum atomic E-state index is 6.50. The first-order valence-corrected chi connectivity index (χ1v) is 8.16. The van der Waals surface area contributed by atoms with Gasteiger partial charge in [0.25, 0.3) is 0 Å². The Labute approximate surface area is 129 Å². The molecule has 1 atom stereocenters. The molecule has 0 amide bonds. The first-order valence-electron chi connectivity index (χ1n) is 7.78. The molecule has 0 heterocycles. The molecule has 1 aromatic rings. The minimum absolute atomic E-state index is 0.329. The molecule has 20 heavy (non-hydrogen) atoms. The van der Waals surface area contributed by atoms with Crippen molar-refractivity contribution in [3.8, 4) is 0 Å². The van der Waals surface area contributed by atoms with Gasteiger partial charge in [-0.2, -0.15) is 0 Å². The van der Waals surface area contributed by atoms with Gasteiger partial charge in [-0.05, 0) is 44.5 Å². The van der Waals surface area contributed by atoms with Crippen molar-refractivity contribution in [2.24, 2.45) is 5.92 Å². The molecule has 0 bridgehead atoms. The summed E-state index contributed by atoms with van der Waals surface area (Å²) in [6.45, 7) is 11.0. The Morgan fingerprint density at radius 1 is 1.20 bits per heavy atom. The molecular weight excluding hydrogens is 268 g/mol. The van der Waals surface area contributed by atoms with Crippen LogP contribution in [0.15, 0.2) is 18.2 Å². The van der Waals surface area contributed by atoms with Gasteiger partial charge in [-0.3, -0.25) is 0 Å². The second-order valence-electron chi connectivity index (χ2n) is 5.44. The number of halogens is 1. The van der Waals surface area contributed by atoms with E-state index >= 15 is 0 Å². The Balaban J connectivity index is 2.93. The first-order chi connectivity index (χ1) is 9.57. The number of rotatable bonds is 8. The van der Waals surface area contributed by atoms with Gasteiger partial charge in [0.2, 0.25) is 0 Å². The minimum Gasteiger partial charge on any atom is -0.370 e. The summed E-state index contributed by atoms with van der Waals surface area (Å²) in [5, 5.41) is 4.11. The third-order valence-electron chi connectivity index (χ3n) is 4.26. The standard InChI is InChI=1S/C17H29ClN2/c1-6-14(7-2)12-20(8-3)17-10-9-15(11-16(17)18)13(4)19-5/h9-11,13-14,19H,6-8,12H2,1-5H3. The zero-order valence-electron chi connectivity index (χ0n) is 13.5. The van der Waals surface area contributed by atoms with Gasteiger partial charge in [0, 0.05) is 19.1 Å². The summed E-state index contributed by atoms with van der Waals surface area (Å²) in [6.07, 6.45) is 2.44. The fraction of sp³-hybridized carbons (Fsp3) is 0.647. The monoisotopic (exact) mass is 296 g/mol. The highest BCUT2D eigenvalue weighted by Gasteiger charge is 2.14. The summed E-state index contributed by atoms with van der Waals surface area (Å²) < 4.78 is 0. The summed E-state index contributed by atoms with van der Waals surface area (Å²) in [7, 11) is 1.97. The van der Waals surface area contributed by atoms with E-state index < -0.39 is 0 Å². The Bertz CT molecular complexity index is 402. The topological polar surface area (TPSA) is 15.3 Å². The summed E-state index contributed by atoms with van der Waals surface area (Å²) in [4.78, 5) is 2.40. The van der Waals surface area contributed by atoms with E-state index in [-0.39, 0.29) is 0 Å². The van der Waals surface area contributed by atoms with Gasteiger partial charge in [0.1, 0.15) is 0 Å². The van der Waals surface area contributed by atoms with E-state index in [1.54, 1.807) is 0 Å². The van der Waals surface area contributed by atoms with Crippen LogP contribution in [0.1, 0.15) is 52.1 Å². The Morgan fingerprint density at radius 2 is 1.85 bits per heavy atom. The van der Waals surface area contributed by atoms with E-state index in [1.165, 1.54) is 18.4 Å². The quantitative estimate of drug-likeness (QED) is 0.735. The van der Waals surface area contributed by atoms with Gasteiger partial charge < -0.3 is 10.2 Å². The second-order valence-corrected chi connectivity index (χ2v) is 5.85. The zero-order chi connectivity index (χ0) is 15.1. The fourth-order valence-electron chi connectivity index (χ4n) is 2.47. The van der Waals surface area contributed by atoms with Crippen LogP contribution in [0.3, 0.4) is 0 Å². The van der Waals surface area contributed by atoms with E-state index in [4.69, 9.17) is 11.6 Å². The number of anilines is 1. The van der Waals surface area contributed by atoms with E-state index in [9.17, 15) is 0 Å². The van der Waals surface area contributed by atoms with Gasteiger partial charge in [0.05, 0.1) is 10.7 Å². The lowest BCUT2D eigenvalue weighted by molar-refractivity contribution is 0.486. The summed E-state index contributed by atoms with van der Waals surface area (Å²) >= 11 is 6.50. The molecule has 0 saturated carbocycles. The highest BCUT2D eigenvalue weighted by molar-refractivity contribution is 6.33. The van der Waals surface area contributed by atoms with E-state index in [1.807, 2.05) is 7.05 Å². The van der Waals surface area contributed by atoms with Crippen LogP contribution in [0.25, 0.3) is 0 Å². The van der Waals surface area contributed by atoms with Crippen LogP contribution in [-0.2, 0) is 0 Å². The van der Waals surface area contributed by atoms with Crippen molar-refractivity contribution in [1.29, 1.82) is 0 Å². The number of hydrogen-bond acceptors (Lipinski definition) is 2. The molecule has 1 rings (SSSR count). The van der Waals surface area contributed by atoms with Gasteiger partial charge in [-0.25, -0.2) is 0 Å². The molecule has 1 aromatic carbocycles. The number of nitrogens with zero attached hydrogens (tertiary/aromatic N) is 1. The van der Waals surface area contributed by atoms with Crippen molar-refractivity contribution in [3.63, 3.8) is 0 Å². The molecular formula is C17H29ClN2. The predicted molar refractivity (Wildman–Crippen MR) is 90.9 cm³/mol. The fourth-order valence-corrected chi connectivity index (χ4v) is 2.78. The van der Waals surface area contributed by atoms with Crippen LogP contribution in [0.5, 0.6) is 0 Å². The van der Waals surface area contributed by atoms with E-state index in [0.717, 1.165) is 29.7 Å². The molecule has 0 spiro atoms. The molecule has 0 saturated heterocycles. The highest BCUT2D eigenvalue weighted by atomic mass is 35.5. The van der Waals surface area contributed by atoms with Crippen molar-refractivity contribution >= 4 is 17.3 Å². The molecule has 3 heteroatoms. The van der Waals surface area contributed by atoms with E-state index in [0.29, 0.717) is 6.04 Å². The number of nitrogens with one attached hydrogen (secondary N) is 1. The van der Waals surface area contributed by atoms with Crippen LogP contribution < -0.4 is 10.2 Å². The van der Waals surface area contributed by atoms with Gasteiger partial charge in [0.15, 0.2) is 0 Å². The summed E-state index contributed by atoms with van der Waals surface area (Å²) in [5.74, 6) is 0.738. The van der Waals surface area contributed by atoms with Crippen LogP contribution in [0.4, 0.5) is 5.69 Å². The molecule has 0 aliphatic heterocycles. The highest BCUT2D eigenvalue weighted by Crippen LogP contribution is 2.30. The maximum Gasteiger partial charge on any atom is 0.0642 e. The summed E-state index contributed by atoms with van der Waals surface area (Å²) in [5.41, 5.74) is 2.40. The minimum atomic E-state index is 0.329. The van der Waals surface area contributed by atoms with Gasteiger partial charge >= 0.3 is 0 Å². The lowest BCUT2D eigenvalue weighted by Crippen LogP contribution is -2.29. The molecule has 1 unspecified atom stereocenters. The zero-order valence-corrected chi connectivity index (χ0v) is 14.3. The predicted octanol–water partition coefficient (Wildman–Crippen LogP) is 4.88. The third-order valence-corrected chi connectivity index (χ3v) is 4.56. The lowest BCUT2D eigenvalue weighted by Gasteiger charge is -2.28. The molecule has 1 N–H and O–H groups in total. The molecule has 0 radical (unpaired) electrons. The molecule has 2 nitrogen and oxygen atoms in total. The van der Waals surface area contributed by atoms with Crippen molar-refractivity contribution in [1.82, 2.24) is 5.32 Å². The maximum absolute atomic E-state index is 6.50. The van der Waals surface area contributed by atoms with Crippen molar-refractivity contribution in [2.45, 2.75) is 46.6 Å².